The standard InChI is InChI=1S/C16H19NO/c1-13(2)15-3-5-16(6-4-15)18-12-9-14-7-10-17-11-8-14/h3-8,10-11,13H,9,12H2,1-2H3. The molecule has 0 aliphatic heterocycles. The Labute approximate surface area is 109 Å². The summed E-state index contributed by atoms with van der Waals surface area (Å²) in [5, 5.41) is 0. The first-order valence-electron chi connectivity index (χ1n) is 6.37. The number of rotatable bonds is 5. The van der Waals surface area contributed by atoms with Crippen LogP contribution in [0.25, 0.3) is 0 Å². The Bertz CT molecular complexity index is 462. The molecule has 0 aliphatic carbocycles. The van der Waals surface area contributed by atoms with Crippen LogP contribution in [0.1, 0.15) is 30.9 Å². The van der Waals surface area contributed by atoms with E-state index in [1.807, 2.05) is 36.7 Å². The van der Waals surface area contributed by atoms with E-state index in [9.17, 15) is 0 Å². The summed E-state index contributed by atoms with van der Waals surface area (Å²) in [6, 6.07) is 12.4. The molecule has 0 unspecified atom stereocenters. The molecule has 1 aromatic carbocycles. The van der Waals surface area contributed by atoms with Gasteiger partial charge in [-0.05, 0) is 41.3 Å². The smallest absolute Gasteiger partial charge is 0.119 e. The molecular formula is C16H19NO. The zero-order valence-corrected chi connectivity index (χ0v) is 11.0. The molecule has 0 saturated carbocycles. The highest BCUT2D eigenvalue weighted by Gasteiger charge is 1.99. The average Bonchev–Trinajstić information content (AvgIpc) is 2.40. The Kier molecular flexibility index (Phi) is 4.35. The highest BCUT2D eigenvalue weighted by atomic mass is 16.5. The van der Waals surface area contributed by atoms with Gasteiger partial charge in [0.2, 0.25) is 0 Å². The second-order valence-electron chi connectivity index (χ2n) is 4.68. The molecule has 0 atom stereocenters. The highest BCUT2D eigenvalue weighted by molar-refractivity contribution is 5.28. The Morgan fingerprint density at radius 3 is 2.28 bits per heavy atom. The Morgan fingerprint density at radius 2 is 1.67 bits per heavy atom. The van der Waals surface area contributed by atoms with Crippen LogP contribution in [0.2, 0.25) is 0 Å². The molecule has 0 N–H and O–H groups in total. The molecule has 0 spiro atoms. The van der Waals surface area contributed by atoms with Crippen LogP contribution in [0.3, 0.4) is 0 Å². The third kappa shape index (κ3) is 3.59. The maximum atomic E-state index is 5.72. The molecule has 2 aromatic rings. The topological polar surface area (TPSA) is 22.1 Å². The van der Waals surface area contributed by atoms with Gasteiger partial charge in [0.05, 0.1) is 6.61 Å². The van der Waals surface area contributed by atoms with Crippen LogP contribution in [0.4, 0.5) is 0 Å². The number of hydrogen-bond donors (Lipinski definition) is 0. The molecule has 94 valence electrons. The van der Waals surface area contributed by atoms with Crippen molar-refractivity contribution in [3.63, 3.8) is 0 Å². The summed E-state index contributed by atoms with van der Waals surface area (Å²) < 4.78 is 5.72. The van der Waals surface area contributed by atoms with Gasteiger partial charge in [0.1, 0.15) is 5.75 Å². The van der Waals surface area contributed by atoms with Gasteiger partial charge in [0, 0.05) is 18.8 Å². The van der Waals surface area contributed by atoms with Gasteiger partial charge >= 0.3 is 0 Å². The molecule has 0 aliphatic rings. The van der Waals surface area contributed by atoms with Gasteiger partial charge in [0.25, 0.3) is 0 Å². The van der Waals surface area contributed by atoms with E-state index in [0.717, 1.165) is 12.2 Å². The van der Waals surface area contributed by atoms with Crippen molar-refractivity contribution in [3.8, 4) is 5.75 Å². The summed E-state index contributed by atoms with van der Waals surface area (Å²) >= 11 is 0. The normalized spacial score (nSPS) is 10.6. The number of nitrogens with zero attached hydrogens (tertiary/aromatic N) is 1. The van der Waals surface area contributed by atoms with E-state index in [1.54, 1.807) is 0 Å². The van der Waals surface area contributed by atoms with Gasteiger partial charge in [-0.1, -0.05) is 26.0 Å². The SMILES string of the molecule is CC(C)c1ccc(OCCc2ccncc2)cc1. The predicted molar refractivity (Wildman–Crippen MR) is 74.0 cm³/mol. The molecule has 2 rings (SSSR count). The lowest BCUT2D eigenvalue weighted by Crippen LogP contribution is -2.01. The van der Waals surface area contributed by atoms with Gasteiger partial charge in [0.15, 0.2) is 0 Å². The van der Waals surface area contributed by atoms with Crippen molar-refractivity contribution in [2.45, 2.75) is 26.2 Å². The summed E-state index contributed by atoms with van der Waals surface area (Å²) in [6.45, 7) is 5.09. The lowest BCUT2D eigenvalue weighted by Gasteiger charge is -2.08. The number of aromatic nitrogens is 1. The lowest BCUT2D eigenvalue weighted by atomic mass is 10.0. The number of hydrogen-bond acceptors (Lipinski definition) is 2. The van der Waals surface area contributed by atoms with E-state index in [-0.39, 0.29) is 0 Å². The summed E-state index contributed by atoms with van der Waals surface area (Å²) in [4.78, 5) is 4.00. The molecule has 0 amide bonds. The van der Waals surface area contributed by atoms with E-state index in [2.05, 4.69) is 31.0 Å². The summed E-state index contributed by atoms with van der Waals surface area (Å²) in [7, 11) is 0. The van der Waals surface area contributed by atoms with E-state index in [4.69, 9.17) is 4.74 Å². The average molecular weight is 241 g/mol. The molecule has 0 fully saturated rings. The minimum Gasteiger partial charge on any atom is -0.493 e. The van der Waals surface area contributed by atoms with Crippen LogP contribution >= 0.6 is 0 Å². The van der Waals surface area contributed by atoms with Crippen LogP contribution < -0.4 is 4.74 Å². The third-order valence-electron chi connectivity index (χ3n) is 2.96. The Morgan fingerprint density at radius 1 is 1.00 bits per heavy atom. The maximum Gasteiger partial charge on any atom is 0.119 e. The van der Waals surface area contributed by atoms with Crippen molar-refractivity contribution in [2.75, 3.05) is 6.61 Å². The zero-order chi connectivity index (χ0) is 12.8. The third-order valence-corrected chi connectivity index (χ3v) is 2.96. The van der Waals surface area contributed by atoms with Gasteiger partial charge in [-0.15, -0.1) is 0 Å². The molecule has 2 heteroatoms. The van der Waals surface area contributed by atoms with Crippen LogP contribution in [0.15, 0.2) is 48.8 Å². The highest BCUT2D eigenvalue weighted by Crippen LogP contribution is 2.18. The summed E-state index contributed by atoms with van der Waals surface area (Å²) in [5.41, 5.74) is 2.60. The predicted octanol–water partition coefficient (Wildman–Crippen LogP) is 3.83. The quantitative estimate of drug-likeness (QED) is 0.793. The van der Waals surface area contributed by atoms with Crippen molar-refractivity contribution in [1.29, 1.82) is 0 Å². The van der Waals surface area contributed by atoms with Gasteiger partial charge < -0.3 is 4.74 Å². The molecular weight excluding hydrogens is 222 g/mol. The summed E-state index contributed by atoms with van der Waals surface area (Å²) in [5.74, 6) is 1.50. The van der Waals surface area contributed by atoms with Crippen molar-refractivity contribution < 1.29 is 4.74 Å². The van der Waals surface area contributed by atoms with E-state index in [0.29, 0.717) is 12.5 Å². The van der Waals surface area contributed by atoms with E-state index in [1.165, 1.54) is 11.1 Å². The van der Waals surface area contributed by atoms with E-state index >= 15 is 0 Å². The van der Waals surface area contributed by atoms with Crippen LogP contribution in [0, 0.1) is 0 Å². The van der Waals surface area contributed by atoms with Crippen LogP contribution in [-0.2, 0) is 6.42 Å². The van der Waals surface area contributed by atoms with Crippen LogP contribution in [0.5, 0.6) is 5.75 Å². The summed E-state index contributed by atoms with van der Waals surface area (Å²) in [6.07, 6.45) is 4.54. The fourth-order valence-corrected chi connectivity index (χ4v) is 1.79. The monoisotopic (exact) mass is 241 g/mol. The largest absolute Gasteiger partial charge is 0.493 e. The first-order valence-corrected chi connectivity index (χ1v) is 6.37. The van der Waals surface area contributed by atoms with Gasteiger partial charge in [-0.3, -0.25) is 4.98 Å². The van der Waals surface area contributed by atoms with Gasteiger partial charge in [-0.25, -0.2) is 0 Å². The first-order chi connectivity index (χ1) is 8.75. The van der Waals surface area contributed by atoms with Crippen LogP contribution in [-0.4, -0.2) is 11.6 Å². The molecule has 18 heavy (non-hydrogen) atoms. The second kappa shape index (κ2) is 6.20. The van der Waals surface area contributed by atoms with Crippen molar-refractivity contribution >= 4 is 0 Å². The number of benzene rings is 1. The van der Waals surface area contributed by atoms with E-state index < -0.39 is 0 Å². The lowest BCUT2D eigenvalue weighted by molar-refractivity contribution is 0.322. The zero-order valence-electron chi connectivity index (χ0n) is 11.0. The maximum absolute atomic E-state index is 5.72. The minimum absolute atomic E-state index is 0.566. The number of pyridine rings is 1. The molecule has 0 bridgehead atoms. The van der Waals surface area contributed by atoms with Crippen molar-refractivity contribution in [3.05, 3.63) is 59.9 Å². The van der Waals surface area contributed by atoms with Crippen molar-refractivity contribution in [2.24, 2.45) is 0 Å². The van der Waals surface area contributed by atoms with Crippen molar-refractivity contribution in [1.82, 2.24) is 4.98 Å². The fourth-order valence-electron chi connectivity index (χ4n) is 1.79. The van der Waals surface area contributed by atoms with Gasteiger partial charge in [-0.2, -0.15) is 0 Å². The molecule has 2 nitrogen and oxygen atoms in total. The fraction of sp³-hybridized carbons (Fsp3) is 0.312. The molecule has 1 heterocycles. The Hall–Kier alpha value is -1.83. The second-order valence-corrected chi connectivity index (χ2v) is 4.68. The molecule has 1 aromatic heterocycles. The first kappa shape index (κ1) is 12.6. The number of ether oxygens (including phenoxy) is 1. The Balaban J connectivity index is 1.83. The molecule has 0 radical (unpaired) electrons. The minimum atomic E-state index is 0.566. The molecule has 0 saturated heterocycles.